The van der Waals surface area contributed by atoms with E-state index < -0.39 is 0 Å². The van der Waals surface area contributed by atoms with Gasteiger partial charge in [-0.2, -0.15) is 0 Å². The standard InChI is InChI=1S/C18H27BrN2/c1-14(20-2)16-6-5-15(13-17(16)19)21-11-9-18(10-12-21)7-3-4-8-18/h5-6,13-14,20H,3-4,7-12H2,1-2H3. The van der Waals surface area contributed by atoms with E-state index in [2.05, 4.69) is 51.3 Å². The van der Waals surface area contributed by atoms with Crippen LogP contribution >= 0.6 is 15.9 Å². The third-order valence-electron chi connectivity index (χ3n) is 5.74. The molecule has 21 heavy (non-hydrogen) atoms. The fourth-order valence-corrected chi connectivity index (χ4v) is 4.79. The summed E-state index contributed by atoms with van der Waals surface area (Å²) in [6.07, 6.45) is 8.65. The zero-order valence-electron chi connectivity index (χ0n) is 13.3. The van der Waals surface area contributed by atoms with Gasteiger partial charge in [-0.1, -0.05) is 34.8 Å². The van der Waals surface area contributed by atoms with Crippen molar-refractivity contribution < 1.29 is 0 Å². The molecular weight excluding hydrogens is 324 g/mol. The minimum absolute atomic E-state index is 0.386. The molecule has 1 aromatic carbocycles. The molecule has 1 atom stereocenters. The molecule has 0 amide bonds. The van der Waals surface area contributed by atoms with Crippen molar-refractivity contribution in [2.45, 2.75) is 51.5 Å². The molecule has 2 fully saturated rings. The van der Waals surface area contributed by atoms with Crippen LogP contribution in [0.4, 0.5) is 5.69 Å². The lowest BCUT2D eigenvalue weighted by atomic mass is 9.77. The van der Waals surface area contributed by atoms with Crippen LogP contribution in [0.1, 0.15) is 57.1 Å². The van der Waals surface area contributed by atoms with Crippen molar-refractivity contribution in [3.8, 4) is 0 Å². The number of halogens is 1. The van der Waals surface area contributed by atoms with Gasteiger partial charge in [-0.05, 0) is 62.8 Å². The van der Waals surface area contributed by atoms with Gasteiger partial charge >= 0.3 is 0 Å². The molecule has 2 aliphatic rings. The molecule has 1 aliphatic carbocycles. The van der Waals surface area contributed by atoms with Crippen LogP contribution in [-0.2, 0) is 0 Å². The average Bonchev–Trinajstić information content (AvgIpc) is 2.95. The van der Waals surface area contributed by atoms with Gasteiger partial charge in [0.05, 0.1) is 0 Å². The molecule has 2 nitrogen and oxygen atoms in total. The highest BCUT2D eigenvalue weighted by molar-refractivity contribution is 9.10. The van der Waals surface area contributed by atoms with E-state index in [0.717, 1.165) is 0 Å². The molecule has 3 rings (SSSR count). The third-order valence-corrected chi connectivity index (χ3v) is 6.42. The van der Waals surface area contributed by atoms with Crippen LogP contribution in [0.25, 0.3) is 0 Å². The summed E-state index contributed by atoms with van der Waals surface area (Å²) in [4.78, 5) is 2.57. The quantitative estimate of drug-likeness (QED) is 0.834. The van der Waals surface area contributed by atoms with Crippen molar-refractivity contribution in [3.05, 3.63) is 28.2 Å². The second-order valence-electron chi connectivity index (χ2n) is 6.91. The molecule has 1 heterocycles. The molecule has 0 bridgehead atoms. The molecular formula is C18H27BrN2. The Kier molecular flexibility index (Phi) is 4.60. The van der Waals surface area contributed by atoms with Gasteiger partial charge in [-0.25, -0.2) is 0 Å². The van der Waals surface area contributed by atoms with E-state index in [9.17, 15) is 0 Å². The van der Waals surface area contributed by atoms with Crippen molar-refractivity contribution in [2.24, 2.45) is 5.41 Å². The molecule has 0 aromatic heterocycles. The number of nitrogens with zero attached hydrogens (tertiary/aromatic N) is 1. The summed E-state index contributed by atoms with van der Waals surface area (Å²) in [6.45, 7) is 4.66. The van der Waals surface area contributed by atoms with Gasteiger partial charge in [0, 0.05) is 29.3 Å². The van der Waals surface area contributed by atoms with Crippen LogP contribution in [0.15, 0.2) is 22.7 Å². The van der Waals surface area contributed by atoms with E-state index in [4.69, 9.17) is 0 Å². The first kappa shape index (κ1) is 15.4. The summed E-state index contributed by atoms with van der Waals surface area (Å²) in [5.74, 6) is 0. The maximum absolute atomic E-state index is 3.75. The minimum Gasteiger partial charge on any atom is -0.371 e. The summed E-state index contributed by atoms with van der Waals surface area (Å²) in [6, 6.07) is 7.24. The average molecular weight is 351 g/mol. The van der Waals surface area contributed by atoms with Gasteiger partial charge in [0.2, 0.25) is 0 Å². The van der Waals surface area contributed by atoms with Crippen LogP contribution in [0, 0.1) is 5.41 Å². The Morgan fingerprint density at radius 2 is 1.81 bits per heavy atom. The lowest BCUT2D eigenvalue weighted by Crippen LogP contribution is -2.38. The summed E-state index contributed by atoms with van der Waals surface area (Å²) >= 11 is 3.75. The van der Waals surface area contributed by atoms with Crippen molar-refractivity contribution in [1.29, 1.82) is 0 Å². The van der Waals surface area contributed by atoms with Gasteiger partial charge in [0.15, 0.2) is 0 Å². The summed E-state index contributed by atoms with van der Waals surface area (Å²) in [5, 5.41) is 3.31. The summed E-state index contributed by atoms with van der Waals surface area (Å²) in [7, 11) is 2.01. The molecule has 116 valence electrons. The number of benzene rings is 1. The zero-order valence-corrected chi connectivity index (χ0v) is 14.9. The highest BCUT2D eigenvalue weighted by Gasteiger charge is 2.36. The maximum atomic E-state index is 3.75. The monoisotopic (exact) mass is 350 g/mol. The second kappa shape index (κ2) is 6.29. The first-order chi connectivity index (χ1) is 10.1. The van der Waals surface area contributed by atoms with Crippen LogP contribution in [0.2, 0.25) is 0 Å². The third kappa shape index (κ3) is 3.14. The van der Waals surface area contributed by atoms with E-state index in [0.29, 0.717) is 11.5 Å². The van der Waals surface area contributed by atoms with Gasteiger partial charge in [0.25, 0.3) is 0 Å². The second-order valence-corrected chi connectivity index (χ2v) is 7.76. The van der Waals surface area contributed by atoms with E-state index in [-0.39, 0.29) is 0 Å². The molecule has 1 aliphatic heterocycles. The Morgan fingerprint density at radius 3 is 2.38 bits per heavy atom. The number of hydrogen-bond donors (Lipinski definition) is 1. The van der Waals surface area contributed by atoms with Gasteiger partial charge in [-0.15, -0.1) is 0 Å². The van der Waals surface area contributed by atoms with Crippen molar-refractivity contribution >= 4 is 21.6 Å². The van der Waals surface area contributed by atoms with Gasteiger partial charge < -0.3 is 10.2 Å². The SMILES string of the molecule is CNC(C)c1ccc(N2CCC3(CCCC3)CC2)cc1Br. The molecule has 1 saturated heterocycles. The van der Waals surface area contributed by atoms with Crippen LogP contribution < -0.4 is 10.2 Å². The minimum atomic E-state index is 0.386. The Hall–Kier alpha value is -0.540. The molecule has 3 heteroatoms. The highest BCUT2D eigenvalue weighted by atomic mass is 79.9. The van der Waals surface area contributed by atoms with Crippen molar-refractivity contribution in [2.75, 3.05) is 25.0 Å². The number of piperidine rings is 1. The highest BCUT2D eigenvalue weighted by Crippen LogP contribution is 2.46. The van der Waals surface area contributed by atoms with Crippen LogP contribution in [0.5, 0.6) is 0 Å². The molecule has 1 unspecified atom stereocenters. The van der Waals surface area contributed by atoms with Crippen molar-refractivity contribution in [1.82, 2.24) is 5.32 Å². The Morgan fingerprint density at radius 1 is 1.14 bits per heavy atom. The number of anilines is 1. The van der Waals surface area contributed by atoms with Crippen LogP contribution in [0.3, 0.4) is 0 Å². The first-order valence-corrected chi connectivity index (χ1v) is 9.14. The Bertz CT molecular complexity index is 484. The van der Waals surface area contributed by atoms with E-state index in [1.807, 2.05) is 7.05 Å². The first-order valence-electron chi connectivity index (χ1n) is 8.35. The number of hydrogen-bond acceptors (Lipinski definition) is 2. The Labute approximate surface area is 137 Å². The fourth-order valence-electron chi connectivity index (χ4n) is 4.08. The number of rotatable bonds is 3. The Balaban J connectivity index is 1.69. The molecule has 1 N–H and O–H groups in total. The summed E-state index contributed by atoms with van der Waals surface area (Å²) in [5.41, 5.74) is 3.42. The van der Waals surface area contributed by atoms with Crippen LogP contribution in [-0.4, -0.2) is 20.1 Å². The molecule has 1 aromatic rings. The van der Waals surface area contributed by atoms with E-state index >= 15 is 0 Å². The maximum Gasteiger partial charge on any atom is 0.0377 e. The van der Waals surface area contributed by atoms with E-state index in [1.54, 1.807) is 0 Å². The van der Waals surface area contributed by atoms with E-state index in [1.165, 1.54) is 67.3 Å². The molecule has 0 radical (unpaired) electrons. The predicted octanol–water partition coefficient (Wildman–Crippen LogP) is 4.89. The van der Waals surface area contributed by atoms with Gasteiger partial charge in [-0.3, -0.25) is 0 Å². The predicted molar refractivity (Wildman–Crippen MR) is 94.0 cm³/mol. The lowest BCUT2D eigenvalue weighted by Gasteiger charge is -2.40. The van der Waals surface area contributed by atoms with Crippen molar-refractivity contribution in [3.63, 3.8) is 0 Å². The number of nitrogens with one attached hydrogen (secondary N) is 1. The topological polar surface area (TPSA) is 15.3 Å². The molecule has 1 spiro atoms. The lowest BCUT2D eigenvalue weighted by molar-refractivity contribution is 0.226. The smallest absolute Gasteiger partial charge is 0.0377 e. The normalized spacial score (nSPS) is 22.7. The fraction of sp³-hybridized carbons (Fsp3) is 0.667. The largest absolute Gasteiger partial charge is 0.371 e. The zero-order chi connectivity index (χ0) is 14.9. The molecule has 1 saturated carbocycles. The van der Waals surface area contributed by atoms with Gasteiger partial charge in [0.1, 0.15) is 0 Å². The summed E-state index contributed by atoms with van der Waals surface area (Å²) < 4.78 is 1.23.